The van der Waals surface area contributed by atoms with Crippen LogP contribution >= 0.6 is 11.6 Å². The van der Waals surface area contributed by atoms with Crippen LogP contribution in [0.25, 0.3) is 0 Å². The molecule has 0 saturated heterocycles. The maximum Gasteiger partial charge on any atom is 0.129 e. The van der Waals surface area contributed by atoms with Gasteiger partial charge in [0, 0.05) is 12.0 Å². The highest BCUT2D eigenvalue weighted by Crippen LogP contribution is 2.30. The van der Waals surface area contributed by atoms with Crippen LogP contribution in [0.2, 0.25) is 0 Å². The van der Waals surface area contributed by atoms with Crippen LogP contribution in [-0.4, -0.2) is 11.0 Å². The molecule has 20 heavy (non-hydrogen) atoms. The van der Waals surface area contributed by atoms with Gasteiger partial charge in [-0.2, -0.15) is 0 Å². The second-order valence-electron chi connectivity index (χ2n) is 4.89. The van der Waals surface area contributed by atoms with Gasteiger partial charge in [-0.25, -0.2) is 8.78 Å². The quantitative estimate of drug-likeness (QED) is 0.847. The van der Waals surface area contributed by atoms with Crippen LogP contribution in [-0.2, 0) is 12.0 Å². The molecule has 4 heteroatoms. The molecule has 0 saturated carbocycles. The molecule has 0 aromatic heterocycles. The summed E-state index contributed by atoms with van der Waals surface area (Å²) in [6, 6.07) is 10.5. The number of hydrogen-bond acceptors (Lipinski definition) is 1. The molecule has 0 amide bonds. The van der Waals surface area contributed by atoms with Gasteiger partial charge in [0.2, 0.25) is 0 Å². The molecular weight excluding hydrogens is 282 g/mol. The van der Waals surface area contributed by atoms with Gasteiger partial charge in [-0.1, -0.05) is 24.3 Å². The van der Waals surface area contributed by atoms with E-state index in [0.717, 1.165) is 29.3 Å². The van der Waals surface area contributed by atoms with Crippen LogP contribution in [0, 0.1) is 18.6 Å². The summed E-state index contributed by atoms with van der Waals surface area (Å²) in [6.45, 7) is 1.89. The third-order valence-corrected chi connectivity index (χ3v) is 3.84. The minimum Gasteiger partial charge on any atom is -0.383 e. The van der Waals surface area contributed by atoms with Gasteiger partial charge in [-0.05, 0) is 36.2 Å². The lowest BCUT2D eigenvalue weighted by molar-refractivity contribution is 0.0570. The molecule has 2 aromatic rings. The molecule has 0 fully saturated rings. The molecule has 0 spiro atoms. The average Bonchev–Trinajstić information content (AvgIpc) is 2.44. The lowest BCUT2D eigenvalue weighted by Crippen LogP contribution is -2.32. The lowest BCUT2D eigenvalue weighted by atomic mass is 9.87. The highest BCUT2D eigenvalue weighted by Gasteiger charge is 2.32. The maximum absolute atomic E-state index is 13.9. The summed E-state index contributed by atoms with van der Waals surface area (Å²) in [5.41, 5.74) is 0.0581. The Labute approximate surface area is 121 Å². The van der Waals surface area contributed by atoms with Crippen LogP contribution in [0.15, 0.2) is 42.5 Å². The zero-order valence-electron chi connectivity index (χ0n) is 11.0. The van der Waals surface area contributed by atoms with E-state index >= 15 is 0 Å². The molecule has 0 bridgehead atoms. The molecule has 0 aliphatic rings. The molecule has 0 aliphatic carbocycles. The van der Waals surface area contributed by atoms with Crippen molar-refractivity contribution in [2.24, 2.45) is 0 Å². The smallest absolute Gasteiger partial charge is 0.129 e. The molecule has 1 N–H and O–H groups in total. The van der Waals surface area contributed by atoms with Gasteiger partial charge < -0.3 is 5.11 Å². The highest BCUT2D eigenvalue weighted by atomic mass is 35.5. The van der Waals surface area contributed by atoms with E-state index in [-0.39, 0.29) is 17.9 Å². The van der Waals surface area contributed by atoms with Crippen LogP contribution in [0.1, 0.15) is 16.7 Å². The topological polar surface area (TPSA) is 20.2 Å². The largest absolute Gasteiger partial charge is 0.383 e. The standard InChI is InChI=1S/C16H15ClF2O/c1-11-4-2-3-5-12(11)9-16(20,10-17)14-8-13(18)6-7-15(14)19/h2-8,20H,9-10H2,1H3. The van der Waals surface area contributed by atoms with Gasteiger partial charge in [-0.3, -0.25) is 0 Å². The molecule has 2 aromatic carbocycles. The van der Waals surface area contributed by atoms with Gasteiger partial charge in [0.25, 0.3) is 0 Å². The zero-order chi connectivity index (χ0) is 14.8. The van der Waals surface area contributed by atoms with E-state index in [0.29, 0.717) is 0 Å². The van der Waals surface area contributed by atoms with Crippen LogP contribution in [0.5, 0.6) is 0 Å². The Balaban J connectivity index is 2.43. The van der Waals surface area contributed by atoms with Gasteiger partial charge in [0.1, 0.15) is 17.2 Å². The second-order valence-corrected chi connectivity index (χ2v) is 5.16. The van der Waals surface area contributed by atoms with Gasteiger partial charge in [0.15, 0.2) is 0 Å². The first-order valence-corrected chi connectivity index (χ1v) is 6.78. The van der Waals surface area contributed by atoms with Gasteiger partial charge >= 0.3 is 0 Å². The fraction of sp³-hybridized carbons (Fsp3) is 0.250. The van der Waals surface area contributed by atoms with Crippen molar-refractivity contribution in [3.8, 4) is 0 Å². The molecule has 2 rings (SSSR count). The summed E-state index contributed by atoms with van der Waals surface area (Å²) < 4.78 is 27.2. The first kappa shape index (κ1) is 14.9. The van der Waals surface area contributed by atoms with E-state index in [1.54, 1.807) is 0 Å². The van der Waals surface area contributed by atoms with E-state index in [4.69, 9.17) is 11.6 Å². The second kappa shape index (κ2) is 5.90. The molecular formula is C16H15ClF2O. The Morgan fingerprint density at radius 2 is 1.85 bits per heavy atom. The Morgan fingerprint density at radius 3 is 2.50 bits per heavy atom. The zero-order valence-corrected chi connectivity index (χ0v) is 11.8. The molecule has 1 nitrogen and oxygen atoms in total. The van der Waals surface area contributed by atoms with Gasteiger partial charge in [-0.15, -0.1) is 11.6 Å². The van der Waals surface area contributed by atoms with E-state index < -0.39 is 17.2 Å². The fourth-order valence-corrected chi connectivity index (χ4v) is 2.43. The Bertz CT molecular complexity index is 615. The maximum atomic E-state index is 13.9. The number of halogens is 3. The summed E-state index contributed by atoms with van der Waals surface area (Å²) in [4.78, 5) is 0. The minimum atomic E-state index is -1.64. The normalized spacial score (nSPS) is 14.1. The molecule has 1 atom stereocenters. The fourth-order valence-electron chi connectivity index (χ4n) is 2.19. The SMILES string of the molecule is Cc1ccccc1CC(O)(CCl)c1cc(F)ccc1F. The first-order chi connectivity index (χ1) is 9.46. The molecule has 0 heterocycles. The number of aliphatic hydroxyl groups is 1. The van der Waals surface area contributed by atoms with E-state index in [1.807, 2.05) is 31.2 Å². The molecule has 0 radical (unpaired) electrons. The summed E-state index contributed by atoms with van der Waals surface area (Å²) >= 11 is 5.83. The van der Waals surface area contributed by atoms with Crippen LogP contribution < -0.4 is 0 Å². The van der Waals surface area contributed by atoms with E-state index in [9.17, 15) is 13.9 Å². The molecule has 0 aliphatic heterocycles. The van der Waals surface area contributed by atoms with Crippen molar-refractivity contribution >= 4 is 11.6 Å². The summed E-state index contributed by atoms with van der Waals surface area (Å²) in [5, 5.41) is 10.6. The van der Waals surface area contributed by atoms with E-state index in [2.05, 4.69) is 0 Å². The molecule has 1 unspecified atom stereocenters. The minimum absolute atomic E-state index is 0.115. The predicted molar refractivity (Wildman–Crippen MR) is 75.9 cm³/mol. The van der Waals surface area contributed by atoms with Crippen molar-refractivity contribution in [3.05, 3.63) is 70.8 Å². The average molecular weight is 297 g/mol. The Hall–Kier alpha value is -1.45. The van der Waals surface area contributed by atoms with Crippen molar-refractivity contribution in [3.63, 3.8) is 0 Å². The third kappa shape index (κ3) is 3.00. The van der Waals surface area contributed by atoms with Crippen molar-refractivity contribution < 1.29 is 13.9 Å². The Morgan fingerprint density at radius 1 is 1.15 bits per heavy atom. The number of alkyl halides is 1. The first-order valence-electron chi connectivity index (χ1n) is 6.24. The van der Waals surface area contributed by atoms with Crippen molar-refractivity contribution in [1.82, 2.24) is 0 Å². The predicted octanol–water partition coefficient (Wildman–Crippen LogP) is 3.94. The number of hydrogen-bond donors (Lipinski definition) is 1. The summed E-state index contributed by atoms with van der Waals surface area (Å²) in [5.74, 6) is -1.49. The van der Waals surface area contributed by atoms with Crippen molar-refractivity contribution in [2.45, 2.75) is 18.9 Å². The molecule has 106 valence electrons. The van der Waals surface area contributed by atoms with Crippen LogP contribution in [0.3, 0.4) is 0 Å². The number of benzene rings is 2. The summed E-state index contributed by atoms with van der Waals surface area (Å²) in [7, 11) is 0. The lowest BCUT2D eigenvalue weighted by Gasteiger charge is -2.27. The van der Waals surface area contributed by atoms with Crippen molar-refractivity contribution in [1.29, 1.82) is 0 Å². The van der Waals surface area contributed by atoms with Crippen molar-refractivity contribution in [2.75, 3.05) is 5.88 Å². The number of rotatable bonds is 4. The third-order valence-electron chi connectivity index (χ3n) is 3.39. The van der Waals surface area contributed by atoms with Gasteiger partial charge in [0.05, 0.1) is 5.88 Å². The highest BCUT2D eigenvalue weighted by molar-refractivity contribution is 6.18. The van der Waals surface area contributed by atoms with E-state index in [1.165, 1.54) is 0 Å². The van der Waals surface area contributed by atoms with Crippen LogP contribution in [0.4, 0.5) is 8.78 Å². The Kier molecular flexibility index (Phi) is 4.41. The number of aryl methyl sites for hydroxylation is 1. The monoisotopic (exact) mass is 296 g/mol. The summed E-state index contributed by atoms with van der Waals surface area (Å²) in [6.07, 6.45) is 0.129.